The first-order valence-electron chi connectivity index (χ1n) is 10.4. The number of benzene rings is 4. The molecule has 4 aromatic rings. The van der Waals surface area contributed by atoms with Gasteiger partial charge in [-0.05, 0) is 53.6 Å². The van der Waals surface area contributed by atoms with Gasteiger partial charge in [-0.15, -0.1) is 0 Å². The Hall–Kier alpha value is -3.89. The fraction of sp³-hybridized carbons (Fsp3) is 0.0800. The Labute approximate surface area is 202 Å². The summed E-state index contributed by atoms with van der Waals surface area (Å²) >= 11 is 0. The van der Waals surface area contributed by atoms with Crippen LogP contribution in [0.4, 0.5) is 11.4 Å². The highest BCUT2D eigenvalue weighted by molar-refractivity contribution is 7.91. The van der Waals surface area contributed by atoms with Crippen LogP contribution in [0.15, 0.2) is 88.7 Å². The zero-order valence-electron chi connectivity index (χ0n) is 18.4. The van der Waals surface area contributed by atoms with E-state index in [2.05, 4.69) is 0 Å². The van der Waals surface area contributed by atoms with Crippen LogP contribution in [0.1, 0.15) is 21.5 Å². The highest BCUT2D eigenvalue weighted by Crippen LogP contribution is 2.33. The largest absolute Gasteiger partial charge is 0.478 e. The summed E-state index contributed by atoms with van der Waals surface area (Å²) in [7, 11) is -8.01. The molecule has 35 heavy (non-hydrogen) atoms. The highest BCUT2D eigenvalue weighted by Gasteiger charge is 2.25. The SMILES string of the molecule is Nc1ccc(CS(=O)(=O)c2cc(C(=O)O)cc3c(S(=O)(=O)Cc4ccc(N)cc4)cccc23)cc1. The molecule has 0 fully saturated rings. The minimum absolute atomic E-state index is 0.0266. The third kappa shape index (κ3) is 5.13. The topological polar surface area (TPSA) is 158 Å². The number of carboxylic acids is 1. The van der Waals surface area contributed by atoms with E-state index in [1.807, 2.05) is 0 Å². The van der Waals surface area contributed by atoms with Crippen LogP contribution in [0.25, 0.3) is 10.8 Å². The molecule has 0 saturated carbocycles. The van der Waals surface area contributed by atoms with Gasteiger partial charge in [0.2, 0.25) is 0 Å². The Bertz CT molecular complexity index is 1650. The number of carbonyl (C=O) groups is 1. The van der Waals surface area contributed by atoms with E-state index in [9.17, 15) is 26.7 Å². The molecule has 5 N–H and O–H groups in total. The summed E-state index contributed by atoms with van der Waals surface area (Å²) in [6.45, 7) is 0. The van der Waals surface area contributed by atoms with Crippen molar-refractivity contribution in [2.75, 3.05) is 11.5 Å². The summed E-state index contributed by atoms with van der Waals surface area (Å²) in [5, 5.41) is 9.79. The number of nitrogens with two attached hydrogens (primary N) is 2. The number of aromatic carboxylic acids is 1. The number of anilines is 2. The van der Waals surface area contributed by atoms with Gasteiger partial charge in [-0.25, -0.2) is 21.6 Å². The molecule has 180 valence electrons. The van der Waals surface area contributed by atoms with Gasteiger partial charge in [0.1, 0.15) is 0 Å². The standard InChI is InChI=1S/C25H22N2O6S2/c26-19-8-4-16(5-9-19)14-34(30,31)23-3-1-2-21-22(23)12-18(25(28)29)13-24(21)35(32,33)15-17-6-10-20(27)11-7-17/h1-13H,14-15,26-27H2,(H,28,29). The molecule has 10 heteroatoms. The van der Waals surface area contributed by atoms with Crippen molar-refractivity contribution in [3.8, 4) is 0 Å². The van der Waals surface area contributed by atoms with E-state index in [1.165, 1.54) is 24.3 Å². The summed E-state index contributed by atoms with van der Waals surface area (Å²) < 4.78 is 53.4. The van der Waals surface area contributed by atoms with Crippen molar-refractivity contribution in [2.24, 2.45) is 0 Å². The average Bonchev–Trinajstić information content (AvgIpc) is 2.80. The molecule has 0 saturated heterocycles. The molecule has 4 aromatic carbocycles. The summed E-state index contributed by atoms with van der Waals surface area (Å²) in [4.78, 5) is 11.4. The maximum Gasteiger partial charge on any atom is 0.335 e. The lowest BCUT2D eigenvalue weighted by molar-refractivity contribution is 0.0696. The smallest absolute Gasteiger partial charge is 0.335 e. The Morgan fingerprint density at radius 2 is 1.14 bits per heavy atom. The fourth-order valence-electron chi connectivity index (χ4n) is 3.80. The molecule has 0 aliphatic rings. The quantitative estimate of drug-likeness (QED) is 0.318. The molecule has 0 amide bonds. The number of carboxylic acid groups (broad SMARTS) is 1. The van der Waals surface area contributed by atoms with Crippen LogP contribution >= 0.6 is 0 Å². The van der Waals surface area contributed by atoms with E-state index >= 15 is 0 Å². The molecule has 0 radical (unpaired) electrons. The monoisotopic (exact) mass is 510 g/mol. The molecule has 0 heterocycles. The first kappa shape index (κ1) is 24.2. The summed E-state index contributed by atoms with van der Waals surface area (Å²) in [6.07, 6.45) is 0. The Morgan fingerprint density at radius 1 is 0.657 bits per heavy atom. The van der Waals surface area contributed by atoms with Crippen LogP contribution in [0.5, 0.6) is 0 Å². The van der Waals surface area contributed by atoms with E-state index in [1.54, 1.807) is 48.5 Å². The fourth-order valence-corrected chi connectivity index (χ4v) is 6.98. The second-order valence-electron chi connectivity index (χ2n) is 8.13. The number of rotatable bonds is 7. The third-order valence-corrected chi connectivity index (χ3v) is 8.97. The molecule has 0 aromatic heterocycles. The van der Waals surface area contributed by atoms with Gasteiger partial charge in [0.15, 0.2) is 19.7 Å². The number of sulfone groups is 2. The van der Waals surface area contributed by atoms with Gasteiger partial charge < -0.3 is 16.6 Å². The summed E-state index contributed by atoms with van der Waals surface area (Å²) in [5.74, 6) is -2.15. The van der Waals surface area contributed by atoms with E-state index in [0.29, 0.717) is 22.5 Å². The second kappa shape index (κ2) is 9.05. The predicted octanol–water partition coefficient (Wildman–Crippen LogP) is 3.65. The van der Waals surface area contributed by atoms with E-state index in [0.717, 1.165) is 6.07 Å². The van der Waals surface area contributed by atoms with Crippen LogP contribution in [-0.4, -0.2) is 27.9 Å². The zero-order chi connectivity index (χ0) is 25.4. The van der Waals surface area contributed by atoms with Crippen molar-refractivity contribution < 1.29 is 26.7 Å². The molecule has 4 rings (SSSR count). The number of hydrogen-bond donors (Lipinski definition) is 3. The van der Waals surface area contributed by atoms with Crippen LogP contribution in [0.2, 0.25) is 0 Å². The minimum atomic E-state index is -4.05. The maximum absolute atomic E-state index is 13.4. The third-order valence-electron chi connectivity index (χ3n) is 5.51. The van der Waals surface area contributed by atoms with Crippen LogP contribution in [0.3, 0.4) is 0 Å². The van der Waals surface area contributed by atoms with Gasteiger partial charge in [-0.2, -0.15) is 0 Å². The van der Waals surface area contributed by atoms with Gasteiger partial charge in [0.25, 0.3) is 0 Å². The maximum atomic E-state index is 13.4. The normalized spacial score (nSPS) is 12.0. The van der Waals surface area contributed by atoms with Crippen molar-refractivity contribution in [3.63, 3.8) is 0 Å². The highest BCUT2D eigenvalue weighted by atomic mass is 32.2. The molecule has 0 aliphatic carbocycles. The molecule has 0 aliphatic heterocycles. The number of nitrogen functional groups attached to an aromatic ring is 2. The lowest BCUT2D eigenvalue weighted by Crippen LogP contribution is -2.10. The van der Waals surface area contributed by atoms with Gasteiger partial charge in [-0.1, -0.05) is 36.4 Å². The van der Waals surface area contributed by atoms with Gasteiger partial charge >= 0.3 is 5.97 Å². The lowest BCUT2D eigenvalue weighted by Gasteiger charge is -2.14. The van der Waals surface area contributed by atoms with Crippen molar-refractivity contribution in [1.82, 2.24) is 0 Å². The van der Waals surface area contributed by atoms with Crippen LogP contribution in [0, 0.1) is 0 Å². The Balaban J connectivity index is 1.88. The Morgan fingerprint density at radius 3 is 1.63 bits per heavy atom. The molecule has 0 bridgehead atoms. The van der Waals surface area contributed by atoms with Gasteiger partial charge in [0.05, 0.1) is 26.9 Å². The van der Waals surface area contributed by atoms with Gasteiger partial charge in [-0.3, -0.25) is 0 Å². The second-order valence-corrected chi connectivity index (χ2v) is 12.0. The molecular weight excluding hydrogens is 488 g/mol. The molecule has 0 spiro atoms. The van der Waals surface area contributed by atoms with Gasteiger partial charge in [0, 0.05) is 22.1 Å². The average molecular weight is 511 g/mol. The zero-order valence-corrected chi connectivity index (χ0v) is 20.0. The summed E-state index contributed by atoms with van der Waals surface area (Å²) in [5.41, 5.74) is 12.9. The molecule has 8 nitrogen and oxygen atoms in total. The minimum Gasteiger partial charge on any atom is -0.478 e. The van der Waals surface area contributed by atoms with E-state index < -0.39 is 31.4 Å². The first-order chi connectivity index (χ1) is 16.5. The van der Waals surface area contributed by atoms with Crippen molar-refractivity contribution in [2.45, 2.75) is 21.3 Å². The molecular formula is C25H22N2O6S2. The van der Waals surface area contributed by atoms with Crippen LogP contribution < -0.4 is 11.5 Å². The number of fused-ring (bicyclic) bond motifs is 1. The predicted molar refractivity (Wildman–Crippen MR) is 134 cm³/mol. The molecule has 0 atom stereocenters. The van der Waals surface area contributed by atoms with Crippen LogP contribution in [-0.2, 0) is 31.2 Å². The van der Waals surface area contributed by atoms with E-state index in [4.69, 9.17) is 11.5 Å². The summed E-state index contributed by atoms with van der Waals surface area (Å²) in [6, 6.07) is 19.1. The Kier molecular flexibility index (Phi) is 6.27. The van der Waals surface area contributed by atoms with E-state index in [-0.39, 0.29) is 31.9 Å². The van der Waals surface area contributed by atoms with Crippen molar-refractivity contribution in [3.05, 3.63) is 95.6 Å². The number of hydrogen-bond acceptors (Lipinski definition) is 7. The van der Waals surface area contributed by atoms with Crippen molar-refractivity contribution in [1.29, 1.82) is 0 Å². The first-order valence-corrected chi connectivity index (χ1v) is 13.7. The lowest BCUT2D eigenvalue weighted by atomic mass is 10.1. The van der Waals surface area contributed by atoms with Crippen molar-refractivity contribution >= 4 is 47.8 Å². The molecule has 0 unspecified atom stereocenters.